The van der Waals surface area contributed by atoms with E-state index in [1.807, 2.05) is 13.8 Å². The number of anilines is 2. The third-order valence-corrected chi connectivity index (χ3v) is 5.59. The molecule has 0 aromatic heterocycles. The predicted molar refractivity (Wildman–Crippen MR) is 90.2 cm³/mol. The number of carbonyl (C=O) groups excluding carboxylic acids is 1. The zero-order valence-corrected chi connectivity index (χ0v) is 14.0. The highest BCUT2D eigenvalue weighted by atomic mass is 32.2. The molecule has 5 nitrogen and oxygen atoms in total. The second kappa shape index (κ2) is 5.38. The number of benzene rings is 2. The first kappa shape index (κ1) is 15.6. The Labute approximate surface area is 135 Å². The number of amides is 1. The summed E-state index contributed by atoms with van der Waals surface area (Å²) in [6, 6.07) is 10.1. The van der Waals surface area contributed by atoms with Crippen molar-refractivity contribution in [3.63, 3.8) is 0 Å². The van der Waals surface area contributed by atoms with Crippen molar-refractivity contribution < 1.29 is 13.2 Å². The minimum atomic E-state index is -3.66. The minimum Gasteiger partial charge on any atom is -0.325 e. The predicted octanol–water partition coefficient (Wildman–Crippen LogP) is 3.16. The molecule has 0 saturated carbocycles. The average Bonchev–Trinajstić information content (AvgIpc) is 2.77. The fraction of sp³-hybridized carbons (Fsp3) is 0.235. The highest BCUT2D eigenvalue weighted by Gasteiger charge is 2.27. The molecule has 6 heteroatoms. The summed E-state index contributed by atoms with van der Waals surface area (Å²) < 4.78 is 27.6. The summed E-state index contributed by atoms with van der Waals surface area (Å²) in [5.74, 6) is -0.356. The van der Waals surface area contributed by atoms with Crippen molar-refractivity contribution in [1.82, 2.24) is 0 Å². The number of rotatable bonds is 3. The fourth-order valence-corrected chi connectivity index (χ4v) is 3.71. The summed E-state index contributed by atoms with van der Waals surface area (Å²) in [7, 11) is -3.66. The van der Waals surface area contributed by atoms with E-state index < -0.39 is 10.0 Å². The molecule has 1 unspecified atom stereocenters. The lowest BCUT2D eigenvalue weighted by Crippen LogP contribution is -2.13. The summed E-state index contributed by atoms with van der Waals surface area (Å²) in [5, 5.41) is 2.77. The third-order valence-electron chi connectivity index (χ3n) is 4.21. The molecule has 1 aliphatic heterocycles. The molecule has 3 rings (SSSR count). The molecule has 1 atom stereocenters. The van der Waals surface area contributed by atoms with Crippen LogP contribution in [0, 0.1) is 13.8 Å². The van der Waals surface area contributed by atoms with Gasteiger partial charge in [0.05, 0.1) is 10.8 Å². The molecule has 0 saturated heterocycles. The molecule has 2 N–H and O–H groups in total. The minimum absolute atomic E-state index is 0.0748. The number of nitrogens with one attached hydrogen (secondary N) is 2. The monoisotopic (exact) mass is 330 g/mol. The van der Waals surface area contributed by atoms with Gasteiger partial charge in [-0.3, -0.25) is 9.52 Å². The molecular weight excluding hydrogens is 312 g/mol. The van der Waals surface area contributed by atoms with Gasteiger partial charge in [0.15, 0.2) is 0 Å². The molecule has 2 aromatic rings. The van der Waals surface area contributed by atoms with Gasteiger partial charge in [0.2, 0.25) is 5.91 Å². The first-order chi connectivity index (χ1) is 10.8. The Bertz CT molecular complexity index is 904. The van der Waals surface area contributed by atoms with Gasteiger partial charge in [0, 0.05) is 11.4 Å². The van der Waals surface area contributed by atoms with Crippen molar-refractivity contribution >= 4 is 27.3 Å². The topological polar surface area (TPSA) is 75.3 Å². The van der Waals surface area contributed by atoms with Gasteiger partial charge < -0.3 is 5.32 Å². The van der Waals surface area contributed by atoms with Crippen molar-refractivity contribution in [1.29, 1.82) is 0 Å². The van der Waals surface area contributed by atoms with Gasteiger partial charge in [-0.15, -0.1) is 0 Å². The summed E-state index contributed by atoms with van der Waals surface area (Å²) in [6.07, 6.45) is 0. The first-order valence-corrected chi connectivity index (χ1v) is 8.81. The average molecular weight is 330 g/mol. The Morgan fingerprint density at radius 2 is 1.78 bits per heavy atom. The van der Waals surface area contributed by atoms with E-state index >= 15 is 0 Å². The van der Waals surface area contributed by atoms with Gasteiger partial charge in [-0.25, -0.2) is 8.42 Å². The number of sulfonamides is 1. The van der Waals surface area contributed by atoms with Crippen molar-refractivity contribution in [2.75, 3.05) is 10.0 Å². The molecule has 23 heavy (non-hydrogen) atoms. The van der Waals surface area contributed by atoms with Crippen LogP contribution in [0.3, 0.4) is 0 Å². The highest BCUT2D eigenvalue weighted by molar-refractivity contribution is 7.92. The maximum Gasteiger partial charge on any atom is 0.261 e. The zero-order valence-electron chi connectivity index (χ0n) is 13.2. The molecule has 0 aliphatic carbocycles. The largest absolute Gasteiger partial charge is 0.325 e. The van der Waals surface area contributed by atoms with Crippen LogP contribution in [0.15, 0.2) is 41.3 Å². The van der Waals surface area contributed by atoms with Crippen LogP contribution >= 0.6 is 0 Å². The Balaban J connectivity index is 1.92. The number of aryl methyl sites for hydroxylation is 2. The van der Waals surface area contributed by atoms with Crippen LogP contribution in [0.1, 0.15) is 29.5 Å². The molecule has 1 amide bonds. The van der Waals surface area contributed by atoms with Crippen LogP contribution in [0.25, 0.3) is 0 Å². The second-order valence-corrected chi connectivity index (χ2v) is 7.55. The molecule has 0 spiro atoms. The first-order valence-electron chi connectivity index (χ1n) is 7.33. The quantitative estimate of drug-likeness (QED) is 0.908. The number of carbonyl (C=O) groups is 1. The molecular formula is C17H18N2O3S. The van der Waals surface area contributed by atoms with Gasteiger partial charge >= 0.3 is 0 Å². The summed E-state index contributed by atoms with van der Waals surface area (Å²) in [6.45, 7) is 5.61. The molecule has 0 fully saturated rings. The molecule has 0 radical (unpaired) electrons. The lowest BCUT2D eigenvalue weighted by Gasteiger charge is -2.11. The third kappa shape index (κ3) is 2.82. The van der Waals surface area contributed by atoms with Crippen LogP contribution in [-0.2, 0) is 14.8 Å². The van der Waals surface area contributed by atoms with E-state index in [1.165, 1.54) is 0 Å². The highest BCUT2D eigenvalue weighted by Crippen LogP contribution is 2.34. The van der Waals surface area contributed by atoms with Gasteiger partial charge in [-0.1, -0.05) is 6.07 Å². The molecule has 2 aromatic carbocycles. The Morgan fingerprint density at radius 3 is 2.48 bits per heavy atom. The Morgan fingerprint density at radius 1 is 1.04 bits per heavy atom. The van der Waals surface area contributed by atoms with E-state index in [4.69, 9.17) is 0 Å². The smallest absolute Gasteiger partial charge is 0.261 e. The van der Waals surface area contributed by atoms with Crippen molar-refractivity contribution in [2.45, 2.75) is 31.6 Å². The van der Waals surface area contributed by atoms with Crippen molar-refractivity contribution in [2.24, 2.45) is 0 Å². The molecule has 1 heterocycles. The SMILES string of the molecule is Cc1ccc(S(=O)(=O)Nc2ccc3c(c2)C(C)C(=O)N3)cc1C. The maximum absolute atomic E-state index is 12.5. The lowest BCUT2D eigenvalue weighted by molar-refractivity contribution is -0.116. The zero-order chi connectivity index (χ0) is 16.8. The Kier molecular flexibility index (Phi) is 3.64. The Hall–Kier alpha value is -2.34. The second-order valence-electron chi connectivity index (χ2n) is 5.86. The van der Waals surface area contributed by atoms with E-state index in [0.717, 1.165) is 22.4 Å². The van der Waals surface area contributed by atoms with E-state index in [-0.39, 0.29) is 16.7 Å². The summed E-state index contributed by atoms with van der Waals surface area (Å²) >= 11 is 0. The van der Waals surface area contributed by atoms with Crippen molar-refractivity contribution in [3.05, 3.63) is 53.1 Å². The van der Waals surface area contributed by atoms with Gasteiger partial charge in [-0.05, 0) is 67.8 Å². The molecule has 120 valence electrons. The summed E-state index contributed by atoms with van der Waals surface area (Å²) in [5.41, 5.74) is 3.95. The van der Waals surface area contributed by atoms with Gasteiger partial charge in [0.1, 0.15) is 0 Å². The lowest BCUT2D eigenvalue weighted by atomic mass is 10.0. The van der Waals surface area contributed by atoms with Crippen LogP contribution in [0.4, 0.5) is 11.4 Å². The van der Waals surface area contributed by atoms with E-state index in [0.29, 0.717) is 5.69 Å². The van der Waals surface area contributed by atoms with E-state index in [1.54, 1.807) is 43.3 Å². The number of hydrogen-bond acceptors (Lipinski definition) is 3. The standard InChI is InChI=1S/C17H18N2O3S/c1-10-4-6-14(8-11(10)2)23(21,22)19-13-5-7-16-15(9-13)12(3)17(20)18-16/h4-9,12,19H,1-3H3,(H,18,20). The normalized spacial score (nSPS) is 16.8. The van der Waals surface area contributed by atoms with E-state index in [2.05, 4.69) is 10.0 Å². The van der Waals surface area contributed by atoms with Crippen LogP contribution in [0.2, 0.25) is 0 Å². The maximum atomic E-state index is 12.5. The fourth-order valence-electron chi connectivity index (χ4n) is 2.58. The van der Waals surface area contributed by atoms with Crippen LogP contribution in [0.5, 0.6) is 0 Å². The van der Waals surface area contributed by atoms with Gasteiger partial charge in [-0.2, -0.15) is 0 Å². The summed E-state index contributed by atoms with van der Waals surface area (Å²) in [4.78, 5) is 11.9. The number of hydrogen-bond donors (Lipinski definition) is 2. The van der Waals surface area contributed by atoms with Gasteiger partial charge in [0.25, 0.3) is 10.0 Å². The van der Waals surface area contributed by atoms with Crippen molar-refractivity contribution in [3.8, 4) is 0 Å². The number of fused-ring (bicyclic) bond motifs is 1. The van der Waals surface area contributed by atoms with E-state index in [9.17, 15) is 13.2 Å². The molecule has 0 bridgehead atoms. The molecule has 1 aliphatic rings. The van der Waals surface area contributed by atoms with Crippen LogP contribution in [-0.4, -0.2) is 14.3 Å². The van der Waals surface area contributed by atoms with Crippen LogP contribution < -0.4 is 10.0 Å².